The molecule has 3 nitrogen and oxygen atoms in total. The minimum absolute atomic E-state index is 0.0327. The summed E-state index contributed by atoms with van der Waals surface area (Å²) >= 11 is 0. The summed E-state index contributed by atoms with van der Waals surface area (Å²) in [6, 6.07) is 10.3. The van der Waals surface area contributed by atoms with E-state index in [1.807, 2.05) is 25.1 Å². The van der Waals surface area contributed by atoms with Crippen molar-refractivity contribution in [1.82, 2.24) is 5.32 Å². The summed E-state index contributed by atoms with van der Waals surface area (Å²) in [5.74, 6) is 0.228. The first-order valence-corrected chi connectivity index (χ1v) is 8.07. The van der Waals surface area contributed by atoms with Crippen LogP contribution >= 0.6 is 0 Å². The highest BCUT2D eigenvalue weighted by molar-refractivity contribution is 5.77. The van der Waals surface area contributed by atoms with Crippen molar-refractivity contribution < 1.29 is 9.90 Å². The molecule has 21 heavy (non-hydrogen) atoms. The fourth-order valence-electron chi connectivity index (χ4n) is 3.16. The molecule has 0 saturated heterocycles. The lowest BCUT2D eigenvalue weighted by Crippen LogP contribution is -2.42. The first kappa shape index (κ1) is 16.0. The van der Waals surface area contributed by atoms with Gasteiger partial charge in [-0.15, -0.1) is 0 Å². The van der Waals surface area contributed by atoms with Crippen LogP contribution in [-0.2, 0) is 4.79 Å². The van der Waals surface area contributed by atoms with Crippen molar-refractivity contribution in [2.24, 2.45) is 0 Å². The number of carbonyl (C=O) groups excluding carboxylic acids is 1. The molecule has 116 valence electrons. The molecule has 0 aliphatic heterocycles. The zero-order valence-electron chi connectivity index (χ0n) is 13.1. The van der Waals surface area contributed by atoms with Gasteiger partial charge in [-0.25, -0.2) is 0 Å². The zero-order valence-corrected chi connectivity index (χ0v) is 13.1. The van der Waals surface area contributed by atoms with Crippen molar-refractivity contribution >= 4 is 5.91 Å². The van der Waals surface area contributed by atoms with Crippen molar-refractivity contribution in [2.75, 3.05) is 0 Å². The summed E-state index contributed by atoms with van der Waals surface area (Å²) in [5.41, 5.74) is 0.444. The average Bonchev–Trinajstić information content (AvgIpc) is 2.47. The first-order chi connectivity index (χ1) is 10.0. The molecule has 2 N–H and O–H groups in total. The summed E-state index contributed by atoms with van der Waals surface area (Å²) in [6.45, 7) is 4.15. The molecule has 1 amide bonds. The van der Waals surface area contributed by atoms with Crippen molar-refractivity contribution in [3.8, 4) is 0 Å². The van der Waals surface area contributed by atoms with Crippen LogP contribution in [0.2, 0.25) is 0 Å². The van der Waals surface area contributed by atoms with Crippen molar-refractivity contribution in [3.05, 3.63) is 35.9 Å². The predicted molar refractivity (Wildman–Crippen MR) is 85.1 cm³/mol. The number of hydrogen-bond donors (Lipinski definition) is 2. The van der Waals surface area contributed by atoms with E-state index in [4.69, 9.17) is 0 Å². The van der Waals surface area contributed by atoms with E-state index in [2.05, 4.69) is 24.4 Å². The number of nitrogens with one attached hydrogen (secondary N) is 1. The van der Waals surface area contributed by atoms with Crippen LogP contribution in [-0.4, -0.2) is 22.7 Å². The minimum atomic E-state index is -0.780. The van der Waals surface area contributed by atoms with Gasteiger partial charge in [0, 0.05) is 12.0 Å². The summed E-state index contributed by atoms with van der Waals surface area (Å²) in [5, 5.41) is 13.5. The average molecular weight is 289 g/mol. The van der Waals surface area contributed by atoms with Gasteiger partial charge >= 0.3 is 0 Å². The predicted octanol–water partition coefficient (Wildman–Crippen LogP) is 3.38. The Morgan fingerprint density at radius 1 is 1.19 bits per heavy atom. The van der Waals surface area contributed by atoms with Crippen LogP contribution in [0.5, 0.6) is 0 Å². The molecule has 1 aliphatic rings. The Morgan fingerprint density at radius 3 is 2.43 bits per heavy atom. The van der Waals surface area contributed by atoms with Gasteiger partial charge in [-0.3, -0.25) is 4.79 Å². The fourth-order valence-corrected chi connectivity index (χ4v) is 3.16. The van der Waals surface area contributed by atoms with Crippen LogP contribution in [0.4, 0.5) is 0 Å². The lowest BCUT2D eigenvalue weighted by atomic mass is 9.82. The van der Waals surface area contributed by atoms with Crippen molar-refractivity contribution in [1.29, 1.82) is 0 Å². The molecule has 1 aromatic rings. The normalized spacial score (nSPS) is 20.5. The Morgan fingerprint density at radius 2 is 1.81 bits per heavy atom. The van der Waals surface area contributed by atoms with Gasteiger partial charge in [0.15, 0.2) is 0 Å². The molecule has 3 heteroatoms. The number of carbonyl (C=O) groups is 1. The third kappa shape index (κ3) is 4.57. The maximum atomic E-state index is 12.2. The third-order valence-corrected chi connectivity index (χ3v) is 4.74. The van der Waals surface area contributed by atoms with Gasteiger partial charge in [0.05, 0.1) is 12.0 Å². The van der Waals surface area contributed by atoms with Gasteiger partial charge in [-0.05, 0) is 25.3 Å². The smallest absolute Gasteiger partial charge is 0.223 e. The Labute approximate surface area is 127 Å². The third-order valence-electron chi connectivity index (χ3n) is 4.74. The Hall–Kier alpha value is -1.35. The molecular weight excluding hydrogens is 262 g/mol. The number of aliphatic hydroxyl groups is 1. The van der Waals surface area contributed by atoms with Crippen LogP contribution in [0, 0.1) is 0 Å². The monoisotopic (exact) mass is 289 g/mol. The van der Waals surface area contributed by atoms with Gasteiger partial charge in [0.25, 0.3) is 0 Å². The number of benzene rings is 1. The van der Waals surface area contributed by atoms with E-state index in [-0.39, 0.29) is 24.3 Å². The molecule has 0 spiro atoms. The standard InChI is InChI=1S/C18H27NO2/c1-14(16-9-5-3-6-10-16)15(2)19-17(20)13-18(21)11-7-4-8-12-18/h3,5-6,9-10,14-15,21H,4,7-8,11-13H2,1-2H3,(H,19,20). The second-order valence-corrected chi connectivity index (χ2v) is 6.52. The summed E-state index contributed by atoms with van der Waals surface area (Å²) in [6.07, 6.45) is 4.97. The molecule has 0 bridgehead atoms. The molecule has 1 fully saturated rings. The second-order valence-electron chi connectivity index (χ2n) is 6.52. The van der Waals surface area contributed by atoms with E-state index in [1.54, 1.807) is 0 Å². The largest absolute Gasteiger partial charge is 0.389 e. The molecule has 0 radical (unpaired) electrons. The van der Waals surface area contributed by atoms with E-state index in [1.165, 1.54) is 12.0 Å². The van der Waals surface area contributed by atoms with Crippen molar-refractivity contribution in [2.45, 2.75) is 69.9 Å². The van der Waals surface area contributed by atoms with Gasteiger partial charge in [0.1, 0.15) is 0 Å². The van der Waals surface area contributed by atoms with Crippen LogP contribution in [0.25, 0.3) is 0 Å². The van der Waals surface area contributed by atoms with E-state index in [9.17, 15) is 9.90 Å². The molecule has 0 heterocycles. The highest BCUT2D eigenvalue weighted by atomic mass is 16.3. The van der Waals surface area contributed by atoms with Gasteiger partial charge in [-0.2, -0.15) is 0 Å². The van der Waals surface area contributed by atoms with E-state index in [0.717, 1.165) is 25.7 Å². The molecular formula is C18H27NO2. The molecule has 2 unspecified atom stereocenters. The molecule has 1 aromatic carbocycles. The molecule has 2 atom stereocenters. The highest BCUT2D eigenvalue weighted by Gasteiger charge is 2.32. The molecule has 2 rings (SSSR count). The summed E-state index contributed by atoms with van der Waals surface area (Å²) < 4.78 is 0. The first-order valence-electron chi connectivity index (χ1n) is 8.07. The topological polar surface area (TPSA) is 49.3 Å². The Kier molecular flexibility index (Phi) is 5.40. The number of rotatable bonds is 5. The fraction of sp³-hybridized carbons (Fsp3) is 0.611. The van der Waals surface area contributed by atoms with Crippen LogP contribution in [0.1, 0.15) is 63.9 Å². The zero-order chi connectivity index (χ0) is 15.3. The molecule has 1 saturated carbocycles. The van der Waals surface area contributed by atoms with Gasteiger partial charge < -0.3 is 10.4 Å². The maximum Gasteiger partial charge on any atom is 0.223 e. The number of amides is 1. The lowest BCUT2D eigenvalue weighted by Gasteiger charge is -2.32. The Bertz CT molecular complexity index is 452. The van der Waals surface area contributed by atoms with Crippen LogP contribution in [0.3, 0.4) is 0 Å². The van der Waals surface area contributed by atoms with Crippen LogP contribution in [0.15, 0.2) is 30.3 Å². The van der Waals surface area contributed by atoms with Gasteiger partial charge in [-0.1, -0.05) is 56.5 Å². The van der Waals surface area contributed by atoms with Gasteiger partial charge in [0.2, 0.25) is 5.91 Å². The Balaban J connectivity index is 1.87. The summed E-state index contributed by atoms with van der Waals surface area (Å²) in [7, 11) is 0. The lowest BCUT2D eigenvalue weighted by molar-refractivity contribution is -0.128. The van der Waals surface area contributed by atoms with E-state index >= 15 is 0 Å². The summed E-state index contributed by atoms with van der Waals surface area (Å²) in [4.78, 5) is 12.2. The van der Waals surface area contributed by atoms with E-state index < -0.39 is 5.60 Å². The minimum Gasteiger partial charge on any atom is -0.389 e. The second kappa shape index (κ2) is 7.08. The maximum absolute atomic E-state index is 12.2. The van der Waals surface area contributed by atoms with Crippen LogP contribution < -0.4 is 5.32 Å². The molecule has 0 aromatic heterocycles. The SMILES string of the molecule is CC(NC(=O)CC1(O)CCCCC1)C(C)c1ccccc1. The quantitative estimate of drug-likeness (QED) is 0.873. The highest BCUT2D eigenvalue weighted by Crippen LogP contribution is 2.31. The molecule has 1 aliphatic carbocycles. The van der Waals surface area contributed by atoms with Crippen molar-refractivity contribution in [3.63, 3.8) is 0 Å². The van der Waals surface area contributed by atoms with E-state index in [0.29, 0.717) is 0 Å². The number of hydrogen-bond acceptors (Lipinski definition) is 2.